The molecule has 0 atom stereocenters. The SMILES string of the molecule is CC(C)(CNc1nc2ncnc(N)c2[nH]1)NC(=O)c1cccnc1. The van der Waals surface area contributed by atoms with Gasteiger partial charge in [-0.2, -0.15) is 4.98 Å². The number of aromatic nitrogens is 5. The summed E-state index contributed by atoms with van der Waals surface area (Å²) in [7, 11) is 0. The van der Waals surface area contributed by atoms with Gasteiger partial charge < -0.3 is 21.4 Å². The van der Waals surface area contributed by atoms with Crippen LogP contribution in [0, 0.1) is 0 Å². The number of amides is 1. The van der Waals surface area contributed by atoms with E-state index in [2.05, 4.69) is 35.6 Å². The standard InChI is InChI=1S/C15H18N8O/c1-15(2,23-13(24)9-4-3-5-17-6-9)7-18-14-21-10-11(16)19-8-20-12(10)22-14/h3-6,8H,7H2,1-2H3,(H,23,24)(H4,16,18,19,20,21,22). The Labute approximate surface area is 138 Å². The number of carbonyl (C=O) groups excluding carboxylic acids is 1. The molecule has 0 spiro atoms. The Morgan fingerprint density at radius 2 is 2.21 bits per heavy atom. The first-order valence-electron chi connectivity index (χ1n) is 7.37. The summed E-state index contributed by atoms with van der Waals surface area (Å²) in [4.78, 5) is 31.4. The van der Waals surface area contributed by atoms with E-state index in [1.54, 1.807) is 18.3 Å². The number of aromatic amines is 1. The molecule has 0 aromatic carbocycles. The van der Waals surface area contributed by atoms with Crippen LogP contribution in [0.15, 0.2) is 30.9 Å². The maximum Gasteiger partial charge on any atom is 0.253 e. The molecule has 0 unspecified atom stereocenters. The molecular formula is C15H18N8O. The maximum absolute atomic E-state index is 12.2. The van der Waals surface area contributed by atoms with Crippen molar-refractivity contribution in [2.24, 2.45) is 0 Å². The Morgan fingerprint density at radius 3 is 2.92 bits per heavy atom. The molecule has 124 valence electrons. The first kappa shape index (κ1) is 15.7. The molecule has 24 heavy (non-hydrogen) atoms. The van der Waals surface area contributed by atoms with E-state index in [-0.39, 0.29) is 5.91 Å². The molecule has 0 saturated carbocycles. The van der Waals surface area contributed by atoms with Gasteiger partial charge >= 0.3 is 0 Å². The Balaban J connectivity index is 1.65. The van der Waals surface area contributed by atoms with Gasteiger partial charge in [-0.25, -0.2) is 9.97 Å². The number of fused-ring (bicyclic) bond motifs is 1. The van der Waals surface area contributed by atoms with E-state index >= 15 is 0 Å². The Bertz CT molecular complexity index is 858. The van der Waals surface area contributed by atoms with Crippen LogP contribution in [-0.2, 0) is 0 Å². The summed E-state index contributed by atoms with van der Waals surface area (Å²) in [6.07, 6.45) is 4.51. The van der Waals surface area contributed by atoms with Gasteiger partial charge in [0.15, 0.2) is 11.5 Å². The second-order valence-corrected chi connectivity index (χ2v) is 5.98. The topological polar surface area (TPSA) is 134 Å². The third-order valence-corrected chi connectivity index (χ3v) is 3.39. The van der Waals surface area contributed by atoms with Crippen molar-refractivity contribution in [2.75, 3.05) is 17.6 Å². The lowest BCUT2D eigenvalue weighted by Crippen LogP contribution is -2.48. The predicted octanol–water partition coefficient (Wildman–Crippen LogP) is 0.951. The van der Waals surface area contributed by atoms with Crippen LogP contribution in [0.25, 0.3) is 11.2 Å². The summed E-state index contributed by atoms with van der Waals surface area (Å²) < 4.78 is 0. The van der Waals surface area contributed by atoms with Gasteiger partial charge in [0.2, 0.25) is 5.95 Å². The van der Waals surface area contributed by atoms with Crippen LogP contribution in [0.1, 0.15) is 24.2 Å². The molecule has 0 fully saturated rings. The Morgan fingerprint density at radius 1 is 1.38 bits per heavy atom. The number of nitrogen functional groups attached to an aromatic ring is 1. The molecule has 3 aromatic rings. The Kier molecular flexibility index (Phi) is 3.98. The van der Waals surface area contributed by atoms with E-state index in [4.69, 9.17) is 5.73 Å². The lowest BCUT2D eigenvalue weighted by atomic mass is 10.1. The summed E-state index contributed by atoms with van der Waals surface area (Å²) in [6.45, 7) is 4.27. The van der Waals surface area contributed by atoms with Gasteiger partial charge in [0.25, 0.3) is 5.91 Å². The van der Waals surface area contributed by atoms with Crippen LogP contribution in [-0.4, -0.2) is 42.9 Å². The zero-order chi connectivity index (χ0) is 17.2. The molecule has 3 aromatic heterocycles. The molecule has 0 aliphatic heterocycles. The zero-order valence-corrected chi connectivity index (χ0v) is 13.4. The fraction of sp³-hybridized carbons (Fsp3) is 0.267. The van der Waals surface area contributed by atoms with Gasteiger partial charge in [0.05, 0.1) is 11.1 Å². The molecular weight excluding hydrogens is 308 g/mol. The molecule has 0 radical (unpaired) electrons. The van der Waals surface area contributed by atoms with E-state index in [9.17, 15) is 4.79 Å². The molecule has 0 bridgehead atoms. The second-order valence-electron chi connectivity index (χ2n) is 5.98. The lowest BCUT2D eigenvalue weighted by Gasteiger charge is -2.26. The van der Waals surface area contributed by atoms with E-state index in [0.717, 1.165) is 0 Å². The zero-order valence-electron chi connectivity index (χ0n) is 13.4. The lowest BCUT2D eigenvalue weighted by molar-refractivity contribution is 0.0917. The third kappa shape index (κ3) is 3.40. The van der Waals surface area contributed by atoms with Gasteiger partial charge in [0.1, 0.15) is 11.8 Å². The molecule has 0 aliphatic rings. The molecule has 5 N–H and O–H groups in total. The first-order chi connectivity index (χ1) is 11.4. The van der Waals surface area contributed by atoms with Gasteiger partial charge in [0, 0.05) is 18.9 Å². The number of H-pyrrole nitrogens is 1. The van der Waals surface area contributed by atoms with Crippen molar-refractivity contribution < 1.29 is 4.79 Å². The second kappa shape index (κ2) is 6.11. The average molecular weight is 326 g/mol. The van der Waals surface area contributed by atoms with E-state index in [1.165, 1.54) is 12.5 Å². The fourth-order valence-electron chi connectivity index (χ4n) is 2.16. The van der Waals surface area contributed by atoms with E-state index in [0.29, 0.717) is 35.0 Å². The predicted molar refractivity (Wildman–Crippen MR) is 90.4 cm³/mol. The molecule has 3 rings (SSSR count). The monoisotopic (exact) mass is 326 g/mol. The molecule has 9 heteroatoms. The van der Waals surface area contributed by atoms with Crippen LogP contribution in [0.2, 0.25) is 0 Å². The number of nitrogens with one attached hydrogen (secondary N) is 3. The van der Waals surface area contributed by atoms with Crippen molar-refractivity contribution in [3.05, 3.63) is 36.4 Å². The minimum absolute atomic E-state index is 0.186. The normalized spacial score (nSPS) is 11.4. The number of hydrogen-bond acceptors (Lipinski definition) is 7. The van der Waals surface area contributed by atoms with Gasteiger partial charge in [-0.05, 0) is 26.0 Å². The van der Waals surface area contributed by atoms with Crippen molar-refractivity contribution in [3.8, 4) is 0 Å². The minimum Gasteiger partial charge on any atom is -0.382 e. The minimum atomic E-state index is -0.511. The quantitative estimate of drug-likeness (QED) is 0.548. The molecule has 9 nitrogen and oxygen atoms in total. The molecule has 1 amide bonds. The summed E-state index contributed by atoms with van der Waals surface area (Å²) in [5.41, 5.74) is 6.84. The van der Waals surface area contributed by atoms with Crippen molar-refractivity contribution in [3.63, 3.8) is 0 Å². The number of nitrogens with zero attached hydrogens (tertiary/aromatic N) is 4. The van der Waals surface area contributed by atoms with Crippen molar-refractivity contribution in [2.45, 2.75) is 19.4 Å². The van der Waals surface area contributed by atoms with Gasteiger partial charge in [-0.15, -0.1) is 0 Å². The van der Waals surface area contributed by atoms with Gasteiger partial charge in [-0.1, -0.05) is 0 Å². The number of imidazole rings is 1. The summed E-state index contributed by atoms with van der Waals surface area (Å²) in [5, 5.41) is 6.09. The molecule has 3 heterocycles. The Hall–Kier alpha value is -3.23. The van der Waals surface area contributed by atoms with Crippen LogP contribution in [0.3, 0.4) is 0 Å². The van der Waals surface area contributed by atoms with Crippen LogP contribution in [0.5, 0.6) is 0 Å². The highest BCUT2D eigenvalue weighted by atomic mass is 16.1. The van der Waals surface area contributed by atoms with Gasteiger partial charge in [-0.3, -0.25) is 9.78 Å². The van der Waals surface area contributed by atoms with Crippen LogP contribution < -0.4 is 16.4 Å². The van der Waals surface area contributed by atoms with Crippen molar-refractivity contribution in [1.29, 1.82) is 0 Å². The first-order valence-corrected chi connectivity index (χ1v) is 7.37. The largest absolute Gasteiger partial charge is 0.382 e. The number of anilines is 2. The van der Waals surface area contributed by atoms with E-state index < -0.39 is 5.54 Å². The highest BCUT2D eigenvalue weighted by Gasteiger charge is 2.22. The number of hydrogen-bond donors (Lipinski definition) is 4. The highest BCUT2D eigenvalue weighted by molar-refractivity contribution is 5.94. The molecule has 0 saturated heterocycles. The summed E-state index contributed by atoms with van der Waals surface area (Å²) >= 11 is 0. The van der Waals surface area contributed by atoms with Crippen molar-refractivity contribution in [1.82, 2.24) is 30.2 Å². The number of carbonyl (C=O) groups is 1. The van der Waals surface area contributed by atoms with Crippen molar-refractivity contribution >= 4 is 28.8 Å². The van der Waals surface area contributed by atoms with E-state index in [1.807, 2.05) is 13.8 Å². The molecule has 0 aliphatic carbocycles. The summed E-state index contributed by atoms with van der Waals surface area (Å²) in [5.74, 6) is 0.667. The maximum atomic E-state index is 12.2. The number of pyridine rings is 1. The third-order valence-electron chi connectivity index (χ3n) is 3.39. The number of rotatable bonds is 5. The van der Waals surface area contributed by atoms with Crippen LogP contribution in [0.4, 0.5) is 11.8 Å². The van der Waals surface area contributed by atoms with Crippen LogP contribution >= 0.6 is 0 Å². The summed E-state index contributed by atoms with van der Waals surface area (Å²) in [6, 6.07) is 3.44. The average Bonchev–Trinajstić information content (AvgIpc) is 2.98. The smallest absolute Gasteiger partial charge is 0.253 e. The highest BCUT2D eigenvalue weighted by Crippen LogP contribution is 2.16. The number of nitrogens with two attached hydrogens (primary N) is 1. The fourth-order valence-corrected chi connectivity index (χ4v) is 2.16.